The van der Waals surface area contributed by atoms with Gasteiger partial charge in [0.25, 0.3) is 0 Å². The molecule has 2 aliphatic rings. The van der Waals surface area contributed by atoms with Gasteiger partial charge < -0.3 is 4.74 Å². The van der Waals surface area contributed by atoms with Crippen LogP contribution in [0.25, 0.3) is 0 Å². The molecular formula is C34H43F3O. The highest BCUT2D eigenvalue weighted by atomic mass is 19.3. The topological polar surface area (TPSA) is 9.23 Å². The smallest absolute Gasteiger partial charge is 0.313 e. The number of hydrogen-bond acceptors (Lipinski definition) is 1. The second-order valence-electron chi connectivity index (χ2n) is 11.3. The number of allylic oxidation sites excluding steroid dienone is 3. The van der Waals surface area contributed by atoms with Gasteiger partial charge in [0.05, 0.1) is 6.61 Å². The van der Waals surface area contributed by atoms with Gasteiger partial charge in [0.15, 0.2) is 0 Å². The molecule has 2 aromatic carbocycles. The standard InChI is InChI=1S/C34H43F3O/c1-3-5-7-26-10-16-28(17-11-26)30-18-12-27(13-19-30)24-38-34(36,37)33(35)32-22-20-31(21-23-32)29-14-8-25(6-4-2)9-15-29/h3-4,6,12-13,18-23,25-26,28-29,33H,1,5,7-11,14-17,24H2,2H3. The molecule has 0 spiro atoms. The number of alkyl halides is 3. The van der Waals surface area contributed by atoms with Gasteiger partial charge in [-0.05, 0) is 117 Å². The summed E-state index contributed by atoms with van der Waals surface area (Å²) in [5.41, 5.74) is 2.94. The quantitative estimate of drug-likeness (QED) is 0.266. The first-order valence-corrected chi connectivity index (χ1v) is 14.5. The molecule has 0 bridgehead atoms. The van der Waals surface area contributed by atoms with Crippen molar-refractivity contribution in [2.24, 2.45) is 11.8 Å². The molecule has 38 heavy (non-hydrogen) atoms. The van der Waals surface area contributed by atoms with E-state index in [2.05, 4.69) is 18.7 Å². The second-order valence-corrected chi connectivity index (χ2v) is 11.3. The van der Waals surface area contributed by atoms with Crippen LogP contribution in [0.4, 0.5) is 13.2 Å². The van der Waals surface area contributed by atoms with Crippen molar-refractivity contribution in [2.75, 3.05) is 0 Å². The van der Waals surface area contributed by atoms with Crippen molar-refractivity contribution in [1.29, 1.82) is 0 Å². The predicted octanol–water partition coefficient (Wildman–Crippen LogP) is 10.6. The van der Waals surface area contributed by atoms with Gasteiger partial charge >= 0.3 is 6.11 Å². The van der Waals surface area contributed by atoms with Crippen LogP contribution in [0, 0.1) is 11.8 Å². The zero-order valence-corrected chi connectivity index (χ0v) is 22.8. The van der Waals surface area contributed by atoms with Gasteiger partial charge in [0.2, 0.25) is 6.17 Å². The second kappa shape index (κ2) is 13.6. The molecule has 4 heteroatoms. The summed E-state index contributed by atoms with van der Waals surface area (Å²) in [6.07, 6.45) is 11.5. The lowest BCUT2D eigenvalue weighted by molar-refractivity contribution is -0.282. The summed E-state index contributed by atoms with van der Waals surface area (Å²) in [6, 6.07) is 14.3. The van der Waals surface area contributed by atoms with E-state index in [9.17, 15) is 13.2 Å². The summed E-state index contributed by atoms with van der Waals surface area (Å²) in [4.78, 5) is 0. The number of hydrogen-bond donors (Lipinski definition) is 0. The first-order valence-electron chi connectivity index (χ1n) is 14.5. The molecule has 0 N–H and O–H groups in total. The Morgan fingerprint density at radius 1 is 0.868 bits per heavy atom. The van der Waals surface area contributed by atoms with E-state index in [0.29, 0.717) is 23.3 Å². The molecule has 0 aliphatic heterocycles. The lowest BCUT2D eigenvalue weighted by atomic mass is 9.77. The van der Waals surface area contributed by atoms with Gasteiger partial charge in [-0.3, -0.25) is 0 Å². The van der Waals surface area contributed by atoms with Crippen LogP contribution < -0.4 is 0 Å². The number of ether oxygens (including phenoxy) is 1. The summed E-state index contributed by atoms with van der Waals surface area (Å²) in [5.74, 6) is 2.35. The van der Waals surface area contributed by atoms with Crippen LogP contribution in [-0.4, -0.2) is 6.11 Å². The third-order valence-electron chi connectivity index (χ3n) is 8.74. The van der Waals surface area contributed by atoms with Gasteiger partial charge in [-0.1, -0.05) is 66.8 Å². The van der Waals surface area contributed by atoms with Crippen LogP contribution in [0.2, 0.25) is 0 Å². The minimum Gasteiger partial charge on any atom is -0.313 e. The maximum absolute atomic E-state index is 14.9. The Morgan fingerprint density at radius 3 is 1.97 bits per heavy atom. The molecule has 4 rings (SSSR count). The Hall–Kier alpha value is -2.33. The number of halogens is 3. The Balaban J connectivity index is 1.26. The number of rotatable bonds is 11. The van der Waals surface area contributed by atoms with Crippen molar-refractivity contribution in [1.82, 2.24) is 0 Å². The van der Waals surface area contributed by atoms with Crippen LogP contribution in [0.3, 0.4) is 0 Å². The van der Waals surface area contributed by atoms with Gasteiger partial charge in [-0.2, -0.15) is 8.78 Å². The Morgan fingerprint density at radius 2 is 1.42 bits per heavy atom. The fourth-order valence-electron chi connectivity index (χ4n) is 6.33. The highest BCUT2D eigenvalue weighted by Crippen LogP contribution is 2.40. The van der Waals surface area contributed by atoms with Crippen LogP contribution in [0.5, 0.6) is 0 Å². The normalized spacial score (nSPS) is 25.4. The fraction of sp³-hybridized carbons (Fsp3) is 0.529. The highest BCUT2D eigenvalue weighted by molar-refractivity contribution is 5.28. The van der Waals surface area contributed by atoms with E-state index in [1.807, 2.05) is 49.4 Å². The summed E-state index contributed by atoms with van der Waals surface area (Å²) in [5, 5.41) is 0. The molecule has 1 nitrogen and oxygen atoms in total. The monoisotopic (exact) mass is 524 g/mol. The van der Waals surface area contributed by atoms with Gasteiger partial charge in [-0.25, -0.2) is 4.39 Å². The Labute approximate surface area is 227 Å². The van der Waals surface area contributed by atoms with E-state index in [0.717, 1.165) is 56.4 Å². The third kappa shape index (κ3) is 7.62. The van der Waals surface area contributed by atoms with Gasteiger partial charge in [0.1, 0.15) is 0 Å². The summed E-state index contributed by atoms with van der Waals surface area (Å²) in [6.45, 7) is 5.54. The Kier molecular flexibility index (Phi) is 10.3. The highest BCUT2D eigenvalue weighted by Gasteiger charge is 2.43. The van der Waals surface area contributed by atoms with Crippen molar-refractivity contribution < 1.29 is 17.9 Å². The minimum atomic E-state index is -3.89. The molecule has 0 heterocycles. The van der Waals surface area contributed by atoms with Crippen molar-refractivity contribution in [3.05, 3.63) is 95.6 Å². The average molecular weight is 525 g/mol. The first-order chi connectivity index (χ1) is 18.4. The fourth-order valence-corrected chi connectivity index (χ4v) is 6.33. The average Bonchev–Trinajstić information content (AvgIpc) is 2.96. The van der Waals surface area contributed by atoms with E-state index in [1.54, 1.807) is 0 Å². The van der Waals surface area contributed by atoms with Crippen LogP contribution in [-0.2, 0) is 11.3 Å². The molecule has 1 unspecified atom stereocenters. The van der Waals surface area contributed by atoms with Crippen molar-refractivity contribution in [3.63, 3.8) is 0 Å². The summed E-state index contributed by atoms with van der Waals surface area (Å²) >= 11 is 0. The van der Waals surface area contributed by atoms with Gasteiger partial charge in [0, 0.05) is 0 Å². The largest absolute Gasteiger partial charge is 0.391 e. The zero-order chi connectivity index (χ0) is 27.0. The zero-order valence-electron chi connectivity index (χ0n) is 22.8. The third-order valence-corrected chi connectivity index (χ3v) is 8.74. The van der Waals surface area contributed by atoms with Crippen LogP contribution >= 0.6 is 0 Å². The maximum atomic E-state index is 14.9. The van der Waals surface area contributed by atoms with Crippen molar-refractivity contribution in [2.45, 2.75) is 102 Å². The lowest BCUT2D eigenvalue weighted by Gasteiger charge is -2.28. The van der Waals surface area contributed by atoms with E-state index in [1.165, 1.54) is 37.0 Å². The molecule has 2 fully saturated rings. The van der Waals surface area contributed by atoms with Crippen molar-refractivity contribution >= 4 is 0 Å². The molecule has 206 valence electrons. The lowest BCUT2D eigenvalue weighted by Crippen LogP contribution is -2.27. The molecular weight excluding hydrogens is 481 g/mol. The molecule has 0 radical (unpaired) electrons. The van der Waals surface area contributed by atoms with E-state index in [-0.39, 0.29) is 12.2 Å². The summed E-state index contributed by atoms with van der Waals surface area (Å²) in [7, 11) is 0. The summed E-state index contributed by atoms with van der Waals surface area (Å²) < 4.78 is 49.0. The number of benzene rings is 2. The predicted molar refractivity (Wildman–Crippen MR) is 150 cm³/mol. The van der Waals surface area contributed by atoms with E-state index >= 15 is 0 Å². The van der Waals surface area contributed by atoms with Gasteiger partial charge in [-0.15, -0.1) is 6.58 Å². The SMILES string of the molecule is C=CCCC1CCC(c2ccc(COC(F)(F)C(F)c3ccc(C4CCC(C=CC)CC4)cc3)cc2)CC1. The van der Waals surface area contributed by atoms with E-state index in [4.69, 9.17) is 4.74 Å². The minimum absolute atomic E-state index is 0.0413. The van der Waals surface area contributed by atoms with Crippen LogP contribution in [0.1, 0.15) is 111 Å². The first kappa shape index (κ1) is 28.7. The molecule has 2 aromatic rings. The van der Waals surface area contributed by atoms with E-state index < -0.39 is 12.3 Å². The molecule has 2 saturated carbocycles. The molecule has 2 aliphatic carbocycles. The maximum Gasteiger partial charge on any atom is 0.391 e. The molecule has 0 aromatic heterocycles. The van der Waals surface area contributed by atoms with Crippen LogP contribution in [0.15, 0.2) is 73.3 Å². The Bertz CT molecular complexity index is 1010. The molecule has 0 amide bonds. The molecule has 1 atom stereocenters. The molecule has 0 saturated heterocycles. The van der Waals surface area contributed by atoms with Crippen molar-refractivity contribution in [3.8, 4) is 0 Å².